The number of carbonyl (C=O) groups excluding carboxylic acids is 1. The van der Waals surface area contributed by atoms with Gasteiger partial charge in [-0.3, -0.25) is 9.59 Å². The van der Waals surface area contributed by atoms with E-state index in [-0.39, 0.29) is 12.5 Å². The fourth-order valence-electron chi connectivity index (χ4n) is 2.67. The van der Waals surface area contributed by atoms with Crippen molar-refractivity contribution in [3.8, 4) is 0 Å². The highest BCUT2D eigenvalue weighted by Gasteiger charge is 2.50. The van der Waals surface area contributed by atoms with Gasteiger partial charge in [-0.1, -0.05) is 19.8 Å². The molecule has 1 aliphatic carbocycles. The topological polar surface area (TPSA) is 63.6 Å². The summed E-state index contributed by atoms with van der Waals surface area (Å²) in [6.07, 6.45) is 3.71. The molecule has 0 heterocycles. The molecule has 1 rings (SSSR count). The molecular weight excluding hydrogens is 220 g/mol. The molecule has 0 amide bonds. The number of carboxylic acid groups (broad SMARTS) is 1. The van der Waals surface area contributed by atoms with Gasteiger partial charge in [0, 0.05) is 0 Å². The molecular formula is C13H22O4. The van der Waals surface area contributed by atoms with Crippen molar-refractivity contribution >= 4 is 11.9 Å². The van der Waals surface area contributed by atoms with E-state index in [1.165, 1.54) is 6.92 Å². The number of ether oxygens (including phenoxy) is 1. The first-order valence-corrected chi connectivity index (χ1v) is 6.33. The van der Waals surface area contributed by atoms with Gasteiger partial charge in [-0.25, -0.2) is 0 Å². The van der Waals surface area contributed by atoms with E-state index < -0.39 is 17.4 Å². The molecule has 3 unspecified atom stereocenters. The Balaban J connectivity index is 2.90. The molecule has 0 bridgehead atoms. The van der Waals surface area contributed by atoms with Crippen LogP contribution in [0, 0.1) is 17.3 Å². The number of rotatable bonds is 4. The molecule has 1 fully saturated rings. The Hall–Kier alpha value is -1.06. The molecule has 0 aliphatic heterocycles. The van der Waals surface area contributed by atoms with Gasteiger partial charge in [0.2, 0.25) is 0 Å². The predicted octanol–water partition coefficient (Wildman–Crippen LogP) is 2.47. The molecule has 0 aromatic carbocycles. The summed E-state index contributed by atoms with van der Waals surface area (Å²) in [5.41, 5.74) is -1.38. The van der Waals surface area contributed by atoms with E-state index >= 15 is 0 Å². The maximum Gasteiger partial charge on any atom is 0.323 e. The number of hydrogen-bond donors (Lipinski definition) is 1. The van der Waals surface area contributed by atoms with Crippen LogP contribution in [0.25, 0.3) is 0 Å². The molecule has 4 nitrogen and oxygen atoms in total. The highest BCUT2D eigenvalue weighted by molar-refractivity contribution is 5.99. The quantitative estimate of drug-likeness (QED) is 0.607. The molecule has 4 heteroatoms. The molecule has 0 radical (unpaired) electrons. The van der Waals surface area contributed by atoms with E-state index in [1.807, 2.05) is 0 Å². The Kier molecular flexibility index (Phi) is 4.54. The van der Waals surface area contributed by atoms with Gasteiger partial charge in [0.25, 0.3) is 0 Å². The lowest BCUT2D eigenvalue weighted by molar-refractivity contribution is -0.173. The van der Waals surface area contributed by atoms with Crippen LogP contribution in [0.4, 0.5) is 0 Å². The zero-order valence-corrected chi connectivity index (χ0v) is 10.9. The molecule has 0 saturated heterocycles. The van der Waals surface area contributed by atoms with Crippen LogP contribution in [0.2, 0.25) is 0 Å². The summed E-state index contributed by atoms with van der Waals surface area (Å²) in [7, 11) is 0. The van der Waals surface area contributed by atoms with E-state index in [9.17, 15) is 14.7 Å². The highest BCUT2D eigenvalue weighted by Crippen LogP contribution is 2.41. The summed E-state index contributed by atoms with van der Waals surface area (Å²) in [5, 5.41) is 9.37. The molecule has 98 valence electrons. The van der Waals surface area contributed by atoms with Crippen LogP contribution in [0.5, 0.6) is 0 Å². The largest absolute Gasteiger partial charge is 0.480 e. The average molecular weight is 242 g/mol. The van der Waals surface area contributed by atoms with Gasteiger partial charge in [0.05, 0.1) is 6.61 Å². The van der Waals surface area contributed by atoms with E-state index in [0.717, 1.165) is 25.7 Å². The standard InChI is InChI=1S/C13H22O4/c1-4-17-12(16)13(3,11(14)15)10-7-5-6-9(2)8-10/h9-10H,4-8H2,1-3H3,(H,14,15). The van der Waals surface area contributed by atoms with Gasteiger partial charge in [-0.15, -0.1) is 0 Å². The smallest absolute Gasteiger partial charge is 0.323 e. The molecule has 1 saturated carbocycles. The summed E-state index contributed by atoms with van der Waals surface area (Å²) >= 11 is 0. The van der Waals surface area contributed by atoms with Gasteiger partial charge < -0.3 is 9.84 Å². The van der Waals surface area contributed by atoms with E-state index in [1.54, 1.807) is 6.92 Å². The van der Waals surface area contributed by atoms with Crippen LogP contribution >= 0.6 is 0 Å². The fourth-order valence-corrected chi connectivity index (χ4v) is 2.67. The number of hydrogen-bond acceptors (Lipinski definition) is 3. The second-order valence-corrected chi connectivity index (χ2v) is 5.20. The van der Waals surface area contributed by atoms with Crippen LogP contribution in [0.3, 0.4) is 0 Å². The molecule has 1 aliphatic rings. The van der Waals surface area contributed by atoms with Gasteiger partial charge in [-0.05, 0) is 38.5 Å². The van der Waals surface area contributed by atoms with Crippen LogP contribution in [0.1, 0.15) is 46.5 Å². The first-order chi connectivity index (χ1) is 7.92. The van der Waals surface area contributed by atoms with Crippen molar-refractivity contribution in [1.29, 1.82) is 0 Å². The van der Waals surface area contributed by atoms with Crippen LogP contribution in [-0.2, 0) is 14.3 Å². The molecule has 0 aromatic rings. The molecule has 0 spiro atoms. The summed E-state index contributed by atoms with van der Waals surface area (Å²) in [4.78, 5) is 23.4. The number of carbonyl (C=O) groups is 2. The lowest BCUT2D eigenvalue weighted by Gasteiger charge is -2.36. The minimum Gasteiger partial charge on any atom is -0.480 e. The summed E-state index contributed by atoms with van der Waals surface area (Å²) in [5.74, 6) is -1.27. The Morgan fingerprint density at radius 2 is 2.06 bits per heavy atom. The molecule has 1 N–H and O–H groups in total. The average Bonchev–Trinajstić information content (AvgIpc) is 2.27. The second kappa shape index (κ2) is 5.52. The van der Waals surface area contributed by atoms with Gasteiger partial charge in [0.15, 0.2) is 5.41 Å². The van der Waals surface area contributed by atoms with Crippen LogP contribution in [0.15, 0.2) is 0 Å². The maximum absolute atomic E-state index is 11.9. The van der Waals surface area contributed by atoms with E-state index in [0.29, 0.717) is 5.92 Å². The van der Waals surface area contributed by atoms with Crippen molar-refractivity contribution in [2.45, 2.75) is 46.5 Å². The lowest BCUT2D eigenvalue weighted by atomic mass is 9.67. The number of esters is 1. The molecule has 17 heavy (non-hydrogen) atoms. The van der Waals surface area contributed by atoms with Gasteiger partial charge in [0.1, 0.15) is 0 Å². The Bertz CT molecular complexity index is 300. The minimum atomic E-state index is -1.38. The highest BCUT2D eigenvalue weighted by atomic mass is 16.5. The molecule has 3 atom stereocenters. The lowest BCUT2D eigenvalue weighted by Crippen LogP contribution is -2.45. The predicted molar refractivity (Wildman–Crippen MR) is 63.5 cm³/mol. The third-order valence-electron chi connectivity index (χ3n) is 3.90. The Labute approximate surface area is 102 Å². The third kappa shape index (κ3) is 2.79. The van der Waals surface area contributed by atoms with Crippen LogP contribution < -0.4 is 0 Å². The van der Waals surface area contributed by atoms with E-state index in [4.69, 9.17) is 4.74 Å². The SMILES string of the molecule is CCOC(=O)C(C)(C(=O)O)C1CCCC(C)C1. The van der Waals surface area contributed by atoms with Crippen LogP contribution in [-0.4, -0.2) is 23.7 Å². The fraction of sp³-hybridized carbons (Fsp3) is 0.846. The summed E-state index contributed by atoms with van der Waals surface area (Å²) in [6.45, 7) is 5.54. The van der Waals surface area contributed by atoms with Crippen molar-refractivity contribution in [2.24, 2.45) is 17.3 Å². The second-order valence-electron chi connectivity index (χ2n) is 5.20. The van der Waals surface area contributed by atoms with Crippen molar-refractivity contribution in [3.05, 3.63) is 0 Å². The Morgan fingerprint density at radius 1 is 1.41 bits per heavy atom. The zero-order chi connectivity index (χ0) is 13.1. The minimum absolute atomic E-state index is 0.109. The zero-order valence-electron chi connectivity index (χ0n) is 10.9. The van der Waals surface area contributed by atoms with Gasteiger partial charge in [-0.2, -0.15) is 0 Å². The summed E-state index contributed by atoms with van der Waals surface area (Å²) in [6, 6.07) is 0. The Morgan fingerprint density at radius 3 is 2.53 bits per heavy atom. The maximum atomic E-state index is 11.9. The van der Waals surface area contributed by atoms with E-state index in [2.05, 4.69) is 6.92 Å². The number of aliphatic carboxylic acids is 1. The monoisotopic (exact) mass is 242 g/mol. The molecule has 0 aromatic heterocycles. The third-order valence-corrected chi connectivity index (χ3v) is 3.90. The van der Waals surface area contributed by atoms with Crippen molar-refractivity contribution in [2.75, 3.05) is 6.61 Å². The summed E-state index contributed by atoms with van der Waals surface area (Å²) < 4.78 is 4.94. The van der Waals surface area contributed by atoms with Crippen molar-refractivity contribution < 1.29 is 19.4 Å². The van der Waals surface area contributed by atoms with Crippen molar-refractivity contribution in [3.63, 3.8) is 0 Å². The normalized spacial score (nSPS) is 28.2. The first kappa shape index (κ1) is 14.0. The number of carboxylic acids is 1. The first-order valence-electron chi connectivity index (χ1n) is 6.33. The van der Waals surface area contributed by atoms with Crippen molar-refractivity contribution in [1.82, 2.24) is 0 Å². The van der Waals surface area contributed by atoms with Gasteiger partial charge >= 0.3 is 11.9 Å².